The van der Waals surface area contributed by atoms with Crippen LogP contribution >= 0.6 is 0 Å². The van der Waals surface area contributed by atoms with E-state index in [0.29, 0.717) is 22.7 Å². The van der Waals surface area contributed by atoms with Crippen LogP contribution in [0.25, 0.3) is 0 Å². The molecule has 142 valence electrons. The highest BCUT2D eigenvalue weighted by atomic mass is 16.5. The Labute approximate surface area is 163 Å². The molecule has 0 fully saturated rings. The first-order valence-corrected chi connectivity index (χ1v) is 8.93. The van der Waals surface area contributed by atoms with Crippen molar-refractivity contribution in [1.29, 1.82) is 0 Å². The van der Waals surface area contributed by atoms with Crippen LogP contribution in [0.4, 0.5) is 5.69 Å². The van der Waals surface area contributed by atoms with Crippen LogP contribution in [0.5, 0.6) is 11.5 Å². The summed E-state index contributed by atoms with van der Waals surface area (Å²) in [5, 5.41) is 5.59. The number of carbonyl (C=O) groups excluding carboxylic acids is 2. The average molecular weight is 375 g/mol. The number of anilines is 1. The van der Waals surface area contributed by atoms with Gasteiger partial charge in [-0.25, -0.2) is 0 Å². The standard InChI is InChI=1S/C22H21N3O3/c1-15(2)24-22(27)19-14-16(12-13-23-19)21(26)25-18-10-6-7-11-20(18)28-17-8-4-3-5-9-17/h3-15H,1-2H3,(H,24,27)(H,25,26). The van der Waals surface area contributed by atoms with E-state index in [1.807, 2.05) is 56.3 Å². The van der Waals surface area contributed by atoms with Gasteiger partial charge < -0.3 is 15.4 Å². The molecule has 2 aromatic carbocycles. The summed E-state index contributed by atoms with van der Waals surface area (Å²) in [5.74, 6) is 0.511. The van der Waals surface area contributed by atoms with E-state index in [9.17, 15) is 9.59 Å². The Bertz CT molecular complexity index is 972. The Balaban J connectivity index is 1.78. The molecule has 3 aromatic rings. The number of para-hydroxylation sites is 3. The number of carbonyl (C=O) groups is 2. The highest BCUT2D eigenvalue weighted by Crippen LogP contribution is 2.29. The van der Waals surface area contributed by atoms with E-state index in [-0.39, 0.29) is 23.6 Å². The van der Waals surface area contributed by atoms with Crippen molar-refractivity contribution in [2.45, 2.75) is 19.9 Å². The summed E-state index contributed by atoms with van der Waals surface area (Å²) < 4.78 is 5.86. The van der Waals surface area contributed by atoms with Crippen molar-refractivity contribution in [3.05, 3.63) is 84.2 Å². The molecule has 6 nitrogen and oxygen atoms in total. The zero-order chi connectivity index (χ0) is 19.9. The Morgan fingerprint density at radius 3 is 2.39 bits per heavy atom. The number of aromatic nitrogens is 1. The molecule has 0 unspecified atom stereocenters. The van der Waals surface area contributed by atoms with Crippen LogP contribution in [0.2, 0.25) is 0 Å². The lowest BCUT2D eigenvalue weighted by Crippen LogP contribution is -2.31. The summed E-state index contributed by atoms with van der Waals surface area (Å²) in [6, 6.07) is 19.5. The van der Waals surface area contributed by atoms with Crippen LogP contribution in [0.3, 0.4) is 0 Å². The summed E-state index contributed by atoms with van der Waals surface area (Å²) in [5.41, 5.74) is 1.05. The van der Waals surface area contributed by atoms with E-state index in [1.165, 1.54) is 12.3 Å². The number of amides is 2. The van der Waals surface area contributed by atoms with Gasteiger partial charge in [-0.15, -0.1) is 0 Å². The van der Waals surface area contributed by atoms with Gasteiger partial charge in [0.05, 0.1) is 5.69 Å². The topological polar surface area (TPSA) is 80.3 Å². The highest BCUT2D eigenvalue weighted by molar-refractivity contribution is 6.06. The largest absolute Gasteiger partial charge is 0.455 e. The summed E-state index contributed by atoms with van der Waals surface area (Å²) >= 11 is 0. The van der Waals surface area contributed by atoms with Crippen LogP contribution < -0.4 is 15.4 Å². The van der Waals surface area contributed by atoms with Crippen molar-refractivity contribution in [2.75, 3.05) is 5.32 Å². The van der Waals surface area contributed by atoms with Crippen LogP contribution in [-0.4, -0.2) is 22.8 Å². The lowest BCUT2D eigenvalue weighted by atomic mass is 10.2. The van der Waals surface area contributed by atoms with E-state index in [0.717, 1.165) is 0 Å². The van der Waals surface area contributed by atoms with Crippen molar-refractivity contribution < 1.29 is 14.3 Å². The SMILES string of the molecule is CC(C)NC(=O)c1cc(C(=O)Nc2ccccc2Oc2ccccc2)ccn1. The summed E-state index contributed by atoms with van der Waals surface area (Å²) in [4.78, 5) is 28.8. The molecule has 1 aromatic heterocycles. The summed E-state index contributed by atoms with van der Waals surface area (Å²) in [6.45, 7) is 3.72. The molecule has 0 saturated heterocycles. The van der Waals surface area contributed by atoms with E-state index in [4.69, 9.17) is 4.74 Å². The van der Waals surface area contributed by atoms with Gasteiger partial charge in [-0.05, 0) is 50.2 Å². The minimum absolute atomic E-state index is 0.0196. The molecular formula is C22H21N3O3. The molecule has 28 heavy (non-hydrogen) atoms. The summed E-state index contributed by atoms with van der Waals surface area (Å²) in [7, 11) is 0. The third-order valence-corrected chi connectivity index (χ3v) is 3.78. The minimum atomic E-state index is -0.356. The monoisotopic (exact) mass is 375 g/mol. The van der Waals surface area contributed by atoms with Gasteiger partial charge in [0.2, 0.25) is 0 Å². The molecule has 0 bridgehead atoms. The Hall–Kier alpha value is -3.67. The number of benzene rings is 2. The number of nitrogens with one attached hydrogen (secondary N) is 2. The van der Waals surface area contributed by atoms with Gasteiger partial charge in [-0.2, -0.15) is 0 Å². The Kier molecular flexibility index (Phi) is 6.01. The first kappa shape index (κ1) is 19.1. The molecule has 6 heteroatoms. The number of hydrogen-bond acceptors (Lipinski definition) is 4. The molecule has 1 heterocycles. The fourth-order valence-corrected chi connectivity index (χ4v) is 2.50. The fourth-order valence-electron chi connectivity index (χ4n) is 2.50. The second kappa shape index (κ2) is 8.81. The quantitative estimate of drug-likeness (QED) is 0.674. The van der Waals surface area contributed by atoms with Gasteiger partial charge in [-0.1, -0.05) is 30.3 Å². The van der Waals surface area contributed by atoms with E-state index in [1.54, 1.807) is 18.2 Å². The normalized spacial score (nSPS) is 10.4. The third-order valence-electron chi connectivity index (χ3n) is 3.78. The molecule has 2 N–H and O–H groups in total. The molecule has 0 saturated carbocycles. The van der Waals surface area contributed by atoms with E-state index >= 15 is 0 Å². The lowest BCUT2D eigenvalue weighted by molar-refractivity contribution is 0.0938. The first-order valence-electron chi connectivity index (χ1n) is 8.93. The molecule has 0 aliphatic carbocycles. The van der Waals surface area contributed by atoms with Crippen molar-refractivity contribution in [1.82, 2.24) is 10.3 Å². The van der Waals surface area contributed by atoms with Crippen molar-refractivity contribution >= 4 is 17.5 Å². The molecule has 3 rings (SSSR count). The molecule has 2 amide bonds. The Morgan fingerprint density at radius 2 is 1.64 bits per heavy atom. The Morgan fingerprint density at radius 1 is 0.929 bits per heavy atom. The predicted octanol–water partition coefficient (Wildman–Crippen LogP) is 4.26. The minimum Gasteiger partial charge on any atom is -0.455 e. The molecule has 0 spiro atoms. The molecule has 0 aliphatic heterocycles. The van der Waals surface area contributed by atoms with Gasteiger partial charge >= 0.3 is 0 Å². The van der Waals surface area contributed by atoms with Gasteiger partial charge in [-0.3, -0.25) is 14.6 Å². The van der Waals surface area contributed by atoms with E-state index < -0.39 is 0 Å². The zero-order valence-corrected chi connectivity index (χ0v) is 15.7. The van der Waals surface area contributed by atoms with Crippen molar-refractivity contribution in [3.8, 4) is 11.5 Å². The second-order valence-corrected chi connectivity index (χ2v) is 6.42. The fraction of sp³-hybridized carbons (Fsp3) is 0.136. The van der Waals surface area contributed by atoms with Crippen LogP contribution in [0.1, 0.15) is 34.7 Å². The number of nitrogens with zero attached hydrogens (tertiary/aromatic N) is 1. The number of hydrogen-bond donors (Lipinski definition) is 2. The second-order valence-electron chi connectivity index (χ2n) is 6.42. The van der Waals surface area contributed by atoms with Gasteiger partial charge in [0, 0.05) is 17.8 Å². The molecule has 0 radical (unpaired) electrons. The van der Waals surface area contributed by atoms with Crippen LogP contribution in [0.15, 0.2) is 72.9 Å². The maximum atomic E-state index is 12.7. The molecule has 0 aliphatic rings. The molecule has 0 atom stereocenters. The lowest BCUT2D eigenvalue weighted by Gasteiger charge is -2.13. The van der Waals surface area contributed by atoms with Crippen LogP contribution in [0, 0.1) is 0 Å². The summed E-state index contributed by atoms with van der Waals surface area (Å²) in [6.07, 6.45) is 1.44. The van der Waals surface area contributed by atoms with Crippen molar-refractivity contribution in [2.24, 2.45) is 0 Å². The van der Waals surface area contributed by atoms with E-state index in [2.05, 4.69) is 15.6 Å². The smallest absolute Gasteiger partial charge is 0.270 e. The van der Waals surface area contributed by atoms with Crippen LogP contribution in [-0.2, 0) is 0 Å². The number of rotatable bonds is 6. The third kappa shape index (κ3) is 4.94. The van der Waals surface area contributed by atoms with Gasteiger partial charge in [0.1, 0.15) is 11.4 Å². The number of ether oxygens (including phenoxy) is 1. The van der Waals surface area contributed by atoms with Crippen molar-refractivity contribution in [3.63, 3.8) is 0 Å². The van der Waals surface area contributed by atoms with Gasteiger partial charge in [0.25, 0.3) is 11.8 Å². The zero-order valence-electron chi connectivity index (χ0n) is 15.7. The average Bonchev–Trinajstić information content (AvgIpc) is 2.70. The first-order chi connectivity index (χ1) is 13.5. The highest BCUT2D eigenvalue weighted by Gasteiger charge is 2.14. The number of pyridine rings is 1. The van der Waals surface area contributed by atoms with Gasteiger partial charge in [0.15, 0.2) is 5.75 Å². The molecular weight excluding hydrogens is 354 g/mol. The maximum Gasteiger partial charge on any atom is 0.270 e. The predicted molar refractivity (Wildman–Crippen MR) is 108 cm³/mol. The maximum absolute atomic E-state index is 12.7.